The summed E-state index contributed by atoms with van der Waals surface area (Å²) < 4.78 is 0. The first-order chi connectivity index (χ1) is 11.7. The van der Waals surface area contributed by atoms with Crippen LogP contribution in [0.4, 0.5) is 0 Å². The van der Waals surface area contributed by atoms with Gasteiger partial charge in [-0.25, -0.2) is 4.79 Å². The first-order valence-corrected chi connectivity index (χ1v) is 9.35. The standard InChI is InChI=1S/C18H24N2O4S/c1-18(2,3)19-16(22)14-10-25-11-20(14)15(21)9-8-12-6-4-5-7-13(12)17(23)24/h4-7,14H,8-11H2,1-3H3,(H,19,22)(H,23,24). The molecule has 1 atom stereocenters. The van der Waals surface area contributed by atoms with Gasteiger partial charge in [0.05, 0.1) is 11.4 Å². The van der Waals surface area contributed by atoms with Crippen LogP contribution < -0.4 is 5.32 Å². The SMILES string of the molecule is CC(C)(C)NC(=O)C1CSCN1C(=O)CCc1ccccc1C(=O)O. The number of amides is 2. The average molecular weight is 364 g/mol. The van der Waals surface area contributed by atoms with E-state index in [1.54, 1.807) is 34.9 Å². The van der Waals surface area contributed by atoms with Crippen LogP contribution in [0.25, 0.3) is 0 Å². The number of hydrogen-bond acceptors (Lipinski definition) is 4. The molecule has 2 amide bonds. The molecule has 25 heavy (non-hydrogen) atoms. The van der Waals surface area contributed by atoms with Gasteiger partial charge in [0.2, 0.25) is 11.8 Å². The van der Waals surface area contributed by atoms with Crippen molar-refractivity contribution in [3.8, 4) is 0 Å². The largest absolute Gasteiger partial charge is 0.478 e. The summed E-state index contributed by atoms with van der Waals surface area (Å²) in [7, 11) is 0. The van der Waals surface area contributed by atoms with Crippen LogP contribution in [0.3, 0.4) is 0 Å². The molecule has 6 nitrogen and oxygen atoms in total. The second kappa shape index (κ2) is 7.91. The molecule has 0 saturated carbocycles. The predicted octanol–water partition coefficient (Wildman–Crippen LogP) is 2.13. The summed E-state index contributed by atoms with van der Waals surface area (Å²) >= 11 is 1.55. The zero-order valence-corrected chi connectivity index (χ0v) is 15.6. The number of nitrogens with zero attached hydrogens (tertiary/aromatic N) is 1. The van der Waals surface area contributed by atoms with Crippen molar-refractivity contribution in [1.29, 1.82) is 0 Å². The van der Waals surface area contributed by atoms with Crippen LogP contribution in [0.1, 0.15) is 43.1 Å². The van der Waals surface area contributed by atoms with Crippen LogP contribution in [-0.2, 0) is 16.0 Å². The Hall–Kier alpha value is -2.02. The van der Waals surface area contributed by atoms with Crippen LogP contribution in [0.2, 0.25) is 0 Å². The lowest BCUT2D eigenvalue weighted by Gasteiger charge is -2.27. The summed E-state index contributed by atoms with van der Waals surface area (Å²) in [4.78, 5) is 37.8. The van der Waals surface area contributed by atoms with Gasteiger partial charge in [0.25, 0.3) is 0 Å². The fourth-order valence-electron chi connectivity index (χ4n) is 2.69. The van der Waals surface area contributed by atoms with E-state index in [4.69, 9.17) is 0 Å². The lowest BCUT2D eigenvalue weighted by Crippen LogP contribution is -2.52. The van der Waals surface area contributed by atoms with E-state index in [9.17, 15) is 19.5 Å². The number of thioether (sulfide) groups is 1. The predicted molar refractivity (Wildman–Crippen MR) is 97.6 cm³/mol. The molecule has 0 spiro atoms. The van der Waals surface area contributed by atoms with Crippen LogP contribution >= 0.6 is 11.8 Å². The van der Waals surface area contributed by atoms with Gasteiger partial charge in [-0.1, -0.05) is 18.2 Å². The first kappa shape index (κ1) is 19.3. The van der Waals surface area contributed by atoms with Crippen molar-refractivity contribution in [2.24, 2.45) is 0 Å². The Morgan fingerprint density at radius 1 is 1.28 bits per heavy atom. The van der Waals surface area contributed by atoms with Gasteiger partial charge in [0, 0.05) is 17.7 Å². The summed E-state index contributed by atoms with van der Waals surface area (Å²) in [6.45, 7) is 5.71. The van der Waals surface area contributed by atoms with Crippen molar-refractivity contribution in [1.82, 2.24) is 10.2 Å². The van der Waals surface area contributed by atoms with Crippen LogP contribution in [0.15, 0.2) is 24.3 Å². The molecule has 1 aliphatic heterocycles. The van der Waals surface area contributed by atoms with Gasteiger partial charge in [0.15, 0.2) is 0 Å². The quantitative estimate of drug-likeness (QED) is 0.836. The Bertz CT molecular complexity index is 669. The molecule has 136 valence electrons. The molecule has 1 saturated heterocycles. The van der Waals surface area contributed by atoms with Gasteiger partial charge in [-0.2, -0.15) is 0 Å². The molecule has 0 radical (unpaired) electrons. The van der Waals surface area contributed by atoms with E-state index in [1.165, 1.54) is 6.07 Å². The molecule has 1 aliphatic rings. The highest BCUT2D eigenvalue weighted by Crippen LogP contribution is 2.23. The minimum Gasteiger partial charge on any atom is -0.478 e. The number of carboxylic acid groups (broad SMARTS) is 1. The van der Waals surface area contributed by atoms with Crippen molar-refractivity contribution in [3.63, 3.8) is 0 Å². The zero-order chi connectivity index (χ0) is 18.6. The van der Waals surface area contributed by atoms with Gasteiger partial charge in [-0.15, -0.1) is 11.8 Å². The minimum absolute atomic E-state index is 0.126. The highest BCUT2D eigenvalue weighted by molar-refractivity contribution is 7.99. The molecule has 1 aromatic carbocycles. The van der Waals surface area contributed by atoms with Crippen molar-refractivity contribution in [3.05, 3.63) is 35.4 Å². The molecule has 0 aromatic heterocycles. The Morgan fingerprint density at radius 3 is 2.60 bits per heavy atom. The van der Waals surface area contributed by atoms with E-state index in [1.807, 2.05) is 20.8 Å². The van der Waals surface area contributed by atoms with Crippen LogP contribution in [-0.4, -0.2) is 51.0 Å². The number of carbonyl (C=O) groups excluding carboxylic acids is 2. The van der Waals surface area contributed by atoms with Gasteiger partial charge in [0.1, 0.15) is 6.04 Å². The van der Waals surface area contributed by atoms with E-state index >= 15 is 0 Å². The fourth-order valence-corrected chi connectivity index (χ4v) is 3.87. The number of aryl methyl sites for hydroxylation is 1. The number of nitrogens with one attached hydrogen (secondary N) is 1. The Labute approximate surface area is 152 Å². The molecule has 0 aliphatic carbocycles. The Balaban J connectivity index is 2.01. The second-order valence-electron chi connectivity index (χ2n) is 7.08. The number of carbonyl (C=O) groups is 3. The minimum atomic E-state index is -0.998. The van der Waals surface area contributed by atoms with Crippen molar-refractivity contribution < 1.29 is 19.5 Å². The molecule has 1 unspecified atom stereocenters. The van der Waals surface area contributed by atoms with E-state index in [-0.39, 0.29) is 29.3 Å². The average Bonchev–Trinajstić information content (AvgIpc) is 3.01. The fraction of sp³-hybridized carbons (Fsp3) is 0.500. The van der Waals surface area contributed by atoms with Crippen molar-refractivity contribution in [2.45, 2.75) is 45.2 Å². The Kier molecular flexibility index (Phi) is 6.11. The monoisotopic (exact) mass is 364 g/mol. The maximum atomic E-state index is 12.6. The maximum absolute atomic E-state index is 12.6. The van der Waals surface area contributed by atoms with Crippen LogP contribution in [0, 0.1) is 0 Å². The number of carboxylic acids is 1. The summed E-state index contributed by atoms with van der Waals surface area (Å²) in [5.74, 6) is -0.195. The Morgan fingerprint density at radius 2 is 1.96 bits per heavy atom. The van der Waals surface area contributed by atoms with Gasteiger partial charge in [-0.3, -0.25) is 9.59 Å². The van der Waals surface area contributed by atoms with Gasteiger partial charge in [-0.05, 0) is 38.8 Å². The number of benzene rings is 1. The molecule has 2 N–H and O–H groups in total. The van der Waals surface area contributed by atoms with Crippen molar-refractivity contribution in [2.75, 3.05) is 11.6 Å². The molecule has 1 fully saturated rings. The van der Waals surface area contributed by atoms with E-state index < -0.39 is 12.0 Å². The third kappa shape index (κ3) is 5.22. The van der Waals surface area contributed by atoms with E-state index in [0.717, 1.165) is 0 Å². The van der Waals surface area contributed by atoms with E-state index in [0.29, 0.717) is 23.6 Å². The molecule has 7 heteroatoms. The van der Waals surface area contributed by atoms with Gasteiger partial charge < -0.3 is 15.3 Å². The highest BCUT2D eigenvalue weighted by atomic mass is 32.2. The molecular formula is C18H24N2O4S. The number of aromatic carboxylic acids is 1. The topological polar surface area (TPSA) is 86.7 Å². The summed E-state index contributed by atoms with van der Waals surface area (Å²) in [6, 6.07) is 6.22. The molecule has 0 bridgehead atoms. The molecule has 2 rings (SSSR count). The molecule has 1 heterocycles. The van der Waals surface area contributed by atoms with E-state index in [2.05, 4.69) is 5.32 Å². The van der Waals surface area contributed by atoms with Crippen LogP contribution in [0.5, 0.6) is 0 Å². The highest BCUT2D eigenvalue weighted by Gasteiger charge is 2.35. The number of rotatable bonds is 5. The summed E-state index contributed by atoms with van der Waals surface area (Å²) in [5, 5.41) is 12.1. The zero-order valence-electron chi connectivity index (χ0n) is 14.7. The number of hydrogen-bond donors (Lipinski definition) is 2. The second-order valence-corrected chi connectivity index (χ2v) is 8.08. The third-order valence-electron chi connectivity index (χ3n) is 3.86. The summed E-state index contributed by atoms with van der Waals surface area (Å²) in [6.07, 6.45) is 0.528. The molecular weight excluding hydrogens is 340 g/mol. The first-order valence-electron chi connectivity index (χ1n) is 8.19. The maximum Gasteiger partial charge on any atom is 0.335 e. The third-order valence-corrected chi connectivity index (χ3v) is 4.87. The lowest BCUT2D eigenvalue weighted by atomic mass is 10.0. The smallest absolute Gasteiger partial charge is 0.335 e. The van der Waals surface area contributed by atoms with Crippen molar-refractivity contribution >= 4 is 29.5 Å². The molecule has 1 aromatic rings. The normalized spacial score (nSPS) is 17.4. The summed E-state index contributed by atoms with van der Waals surface area (Å²) in [5.41, 5.74) is 0.499. The van der Waals surface area contributed by atoms with Gasteiger partial charge >= 0.3 is 5.97 Å². The lowest BCUT2D eigenvalue weighted by molar-refractivity contribution is -0.138.